The molecule has 3 aliphatic rings. The summed E-state index contributed by atoms with van der Waals surface area (Å²) in [5.74, 6) is 0.623. The summed E-state index contributed by atoms with van der Waals surface area (Å²) in [7, 11) is -3.95. The number of thioether (sulfide) groups is 1. The fourth-order valence-corrected chi connectivity index (χ4v) is 7.40. The fourth-order valence-electron chi connectivity index (χ4n) is 4.95. The number of amides is 3. The number of nitrogens with one attached hydrogen (secondary N) is 4. The Morgan fingerprint density at radius 2 is 2.08 bits per heavy atom. The number of allylic oxidation sites excluding steroid dienone is 1. The van der Waals surface area contributed by atoms with E-state index >= 15 is 0 Å². The highest BCUT2D eigenvalue weighted by Gasteiger charge is 2.42. The third kappa shape index (κ3) is 5.42. The SMILES string of the molecule is Nc1ncnc2c1ncn2[C@H]1C=C[C@@H](CNS(=O)(=O)NC(=O)CCCC[C@H]2SCC3NC(=O)NC32)C1. The molecule has 2 aromatic rings. The van der Waals surface area contributed by atoms with Crippen LogP contribution in [-0.4, -0.2) is 69.5 Å². The molecule has 2 saturated heterocycles. The van der Waals surface area contributed by atoms with Crippen molar-refractivity contribution < 1.29 is 18.0 Å². The number of hydrogen-bond donors (Lipinski definition) is 5. The molecule has 0 saturated carbocycles. The van der Waals surface area contributed by atoms with Gasteiger partial charge >= 0.3 is 16.2 Å². The topological polar surface area (TPSA) is 186 Å². The predicted octanol–water partition coefficient (Wildman–Crippen LogP) is 0.202. The molecule has 0 bridgehead atoms. The molecule has 4 heterocycles. The first-order valence-corrected chi connectivity index (χ1v) is 14.4. The van der Waals surface area contributed by atoms with E-state index in [0.717, 1.165) is 18.6 Å². The molecule has 2 fully saturated rings. The molecule has 2 aromatic heterocycles. The summed E-state index contributed by atoms with van der Waals surface area (Å²) in [5, 5.41) is 6.17. The van der Waals surface area contributed by atoms with Crippen LogP contribution in [0, 0.1) is 5.92 Å². The molecule has 5 atom stereocenters. The second-order valence-corrected chi connectivity index (χ2v) is 12.0. The molecule has 15 heteroatoms. The van der Waals surface area contributed by atoms with Crippen LogP contribution in [0.2, 0.25) is 0 Å². The van der Waals surface area contributed by atoms with Crippen molar-refractivity contribution in [2.45, 2.75) is 55.5 Å². The molecule has 2 aliphatic heterocycles. The zero-order valence-corrected chi connectivity index (χ0v) is 21.1. The number of carbonyl (C=O) groups excluding carboxylic acids is 2. The number of rotatable bonds is 10. The lowest BCUT2D eigenvalue weighted by Crippen LogP contribution is -2.41. The number of carbonyl (C=O) groups is 2. The van der Waals surface area contributed by atoms with E-state index in [9.17, 15) is 18.0 Å². The molecular weight excluding hydrogens is 506 g/mol. The van der Waals surface area contributed by atoms with Crippen molar-refractivity contribution in [2.24, 2.45) is 5.92 Å². The molecule has 0 radical (unpaired) electrons. The van der Waals surface area contributed by atoms with Crippen LogP contribution in [0.25, 0.3) is 11.2 Å². The van der Waals surface area contributed by atoms with Gasteiger partial charge in [-0.3, -0.25) is 4.79 Å². The lowest BCUT2D eigenvalue weighted by molar-refractivity contribution is -0.119. The molecule has 13 nitrogen and oxygen atoms in total. The molecule has 36 heavy (non-hydrogen) atoms. The van der Waals surface area contributed by atoms with E-state index in [1.165, 1.54) is 6.33 Å². The van der Waals surface area contributed by atoms with Crippen molar-refractivity contribution in [3.05, 3.63) is 24.8 Å². The fraction of sp³-hybridized carbons (Fsp3) is 0.571. The van der Waals surface area contributed by atoms with Gasteiger partial charge in [0, 0.05) is 24.0 Å². The van der Waals surface area contributed by atoms with Crippen LogP contribution in [0.3, 0.4) is 0 Å². The Hall–Kier alpha value is -2.91. The highest BCUT2D eigenvalue weighted by atomic mass is 32.2. The number of imidazole rings is 1. The minimum absolute atomic E-state index is 0.0324. The number of unbranched alkanes of at least 4 members (excludes halogenated alkanes) is 1. The van der Waals surface area contributed by atoms with E-state index in [0.29, 0.717) is 35.1 Å². The molecule has 194 valence electrons. The minimum Gasteiger partial charge on any atom is -0.382 e. The van der Waals surface area contributed by atoms with E-state index in [1.54, 1.807) is 6.33 Å². The molecule has 3 amide bonds. The van der Waals surface area contributed by atoms with Crippen LogP contribution < -0.4 is 25.8 Å². The number of anilines is 1. The maximum atomic E-state index is 12.4. The highest BCUT2D eigenvalue weighted by molar-refractivity contribution is 8.00. The first-order valence-electron chi connectivity index (χ1n) is 11.9. The number of urea groups is 1. The van der Waals surface area contributed by atoms with Crippen molar-refractivity contribution in [2.75, 3.05) is 18.0 Å². The molecule has 6 N–H and O–H groups in total. The van der Waals surface area contributed by atoms with Crippen LogP contribution in [0.15, 0.2) is 24.8 Å². The average Bonchev–Trinajstić information content (AvgIpc) is 3.59. The second kappa shape index (κ2) is 10.2. The first kappa shape index (κ1) is 24.8. The lowest BCUT2D eigenvalue weighted by atomic mass is 10.0. The molecule has 5 rings (SSSR count). The van der Waals surface area contributed by atoms with Gasteiger partial charge in [0.25, 0.3) is 0 Å². The lowest BCUT2D eigenvalue weighted by Gasteiger charge is -2.16. The normalized spacial score (nSPS) is 27.2. The van der Waals surface area contributed by atoms with Gasteiger partial charge in [-0.25, -0.2) is 24.5 Å². The van der Waals surface area contributed by atoms with Gasteiger partial charge < -0.3 is 20.9 Å². The zero-order chi connectivity index (χ0) is 25.3. The van der Waals surface area contributed by atoms with E-state index in [4.69, 9.17) is 5.73 Å². The van der Waals surface area contributed by atoms with Crippen LogP contribution in [-0.2, 0) is 15.0 Å². The standard InChI is InChI=1S/C21H29N9O4S2/c22-19-18-20(24-10-23-19)30(11-25-18)13-6-5-12(7-13)8-26-36(33,34)29-16(31)4-2-1-3-15-17-14(9-35-15)27-21(32)28-17/h5-6,10-15,17,26H,1-4,7-9H2,(H,29,31)(H2,22,23,24)(H2,27,28,32)/t12-,13+,14?,15-,17?/m1/s1. The van der Waals surface area contributed by atoms with Gasteiger partial charge in [0.2, 0.25) is 5.91 Å². The van der Waals surface area contributed by atoms with Gasteiger partial charge in [0.1, 0.15) is 11.8 Å². The van der Waals surface area contributed by atoms with E-state index in [-0.39, 0.29) is 43.0 Å². The first-order chi connectivity index (χ1) is 17.3. The van der Waals surface area contributed by atoms with Crippen LogP contribution in [0.1, 0.15) is 38.1 Å². The number of hydrogen-bond acceptors (Lipinski definition) is 9. The van der Waals surface area contributed by atoms with Crippen LogP contribution in [0.5, 0.6) is 0 Å². The van der Waals surface area contributed by atoms with E-state index < -0.39 is 16.1 Å². The Labute approximate surface area is 212 Å². The Morgan fingerprint density at radius 1 is 1.22 bits per heavy atom. The maximum Gasteiger partial charge on any atom is 0.315 e. The molecule has 1 aliphatic carbocycles. The summed E-state index contributed by atoms with van der Waals surface area (Å²) >= 11 is 1.82. The summed E-state index contributed by atoms with van der Waals surface area (Å²) in [5.41, 5.74) is 7.01. The highest BCUT2D eigenvalue weighted by Crippen LogP contribution is 2.33. The average molecular weight is 536 g/mol. The van der Waals surface area contributed by atoms with Crippen LogP contribution in [0.4, 0.5) is 10.6 Å². The third-order valence-electron chi connectivity index (χ3n) is 6.76. The summed E-state index contributed by atoms with van der Waals surface area (Å²) in [4.78, 5) is 36.1. The number of fused-ring (bicyclic) bond motifs is 2. The smallest absolute Gasteiger partial charge is 0.315 e. The Balaban J connectivity index is 1.02. The van der Waals surface area contributed by atoms with Crippen molar-refractivity contribution in [3.63, 3.8) is 0 Å². The Kier molecular flexibility index (Phi) is 7.03. The van der Waals surface area contributed by atoms with Gasteiger partial charge in [0.05, 0.1) is 24.5 Å². The number of nitrogens with two attached hydrogens (primary N) is 1. The monoisotopic (exact) mass is 535 g/mol. The molecule has 2 unspecified atom stereocenters. The van der Waals surface area contributed by atoms with E-state index in [2.05, 4.69) is 35.0 Å². The number of nitrogens with zero attached hydrogens (tertiary/aromatic N) is 4. The van der Waals surface area contributed by atoms with Gasteiger partial charge in [-0.05, 0) is 25.2 Å². The number of nitrogen functional groups attached to an aromatic ring is 1. The summed E-state index contributed by atoms with van der Waals surface area (Å²) in [6.45, 7) is 0.167. The zero-order valence-electron chi connectivity index (χ0n) is 19.5. The van der Waals surface area contributed by atoms with Gasteiger partial charge in [0.15, 0.2) is 11.5 Å². The second-order valence-electron chi connectivity index (χ2n) is 9.28. The largest absolute Gasteiger partial charge is 0.382 e. The third-order valence-corrected chi connectivity index (χ3v) is 9.31. The number of aromatic nitrogens is 4. The Morgan fingerprint density at radius 3 is 2.94 bits per heavy atom. The Bertz CT molecular complexity index is 1280. The molecule has 0 spiro atoms. The quantitative estimate of drug-likeness (QED) is 0.161. The molecular formula is C21H29N9O4S2. The van der Waals surface area contributed by atoms with E-state index in [1.807, 2.05) is 28.5 Å². The van der Waals surface area contributed by atoms with Crippen molar-refractivity contribution in [1.82, 2.24) is 39.6 Å². The van der Waals surface area contributed by atoms with Crippen molar-refractivity contribution in [1.29, 1.82) is 0 Å². The van der Waals surface area contributed by atoms with Gasteiger partial charge in [-0.2, -0.15) is 24.9 Å². The summed E-state index contributed by atoms with van der Waals surface area (Å²) in [6.07, 6.45) is 9.98. The van der Waals surface area contributed by atoms with Crippen molar-refractivity contribution >= 4 is 50.9 Å². The maximum absolute atomic E-state index is 12.4. The van der Waals surface area contributed by atoms with Gasteiger partial charge in [-0.1, -0.05) is 18.6 Å². The summed E-state index contributed by atoms with van der Waals surface area (Å²) < 4.78 is 31.2. The minimum atomic E-state index is -3.95. The van der Waals surface area contributed by atoms with Crippen molar-refractivity contribution in [3.8, 4) is 0 Å². The summed E-state index contributed by atoms with van der Waals surface area (Å²) in [6, 6.07) is 0.147. The van der Waals surface area contributed by atoms with Gasteiger partial charge in [-0.15, -0.1) is 0 Å². The molecule has 0 aromatic carbocycles. The predicted molar refractivity (Wildman–Crippen MR) is 135 cm³/mol. The van der Waals surface area contributed by atoms with Crippen LogP contribution >= 0.6 is 11.8 Å².